The van der Waals surface area contributed by atoms with Gasteiger partial charge in [-0.3, -0.25) is 4.79 Å². The van der Waals surface area contributed by atoms with Crippen LogP contribution in [0.1, 0.15) is 29.5 Å². The van der Waals surface area contributed by atoms with E-state index in [0.29, 0.717) is 13.0 Å². The molecule has 6 heteroatoms. The number of carbonyl (C=O) groups is 1. The second-order valence-electron chi connectivity index (χ2n) is 6.13. The van der Waals surface area contributed by atoms with Gasteiger partial charge in [-0.2, -0.15) is 0 Å². The maximum Gasteiger partial charge on any atom is 0.238 e. The lowest BCUT2D eigenvalue weighted by Gasteiger charge is -2.06. The molecular weight excluding hydrogens is 336 g/mol. The summed E-state index contributed by atoms with van der Waals surface area (Å²) in [4.78, 5) is 12.0. The quantitative estimate of drug-likeness (QED) is 0.708. The minimum absolute atomic E-state index is 0.0464. The molecule has 3 N–H and O–H groups in total. The second-order valence-corrected chi connectivity index (χ2v) is 7.69. The first-order valence-corrected chi connectivity index (χ1v) is 9.83. The number of nitrogens with two attached hydrogens (primary N) is 1. The maximum absolute atomic E-state index is 11.9. The summed E-state index contributed by atoms with van der Waals surface area (Å²) >= 11 is 0. The van der Waals surface area contributed by atoms with E-state index in [9.17, 15) is 13.2 Å². The Morgan fingerprint density at radius 1 is 0.960 bits per heavy atom. The lowest BCUT2D eigenvalue weighted by molar-refractivity contribution is -0.121. The molecular formula is C19H24N2O3S. The molecule has 0 aliphatic rings. The molecule has 2 aromatic carbocycles. The van der Waals surface area contributed by atoms with Crippen LogP contribution in [0.25, 0.3) is 0 Å². The lowest BCUT2D eigenvalue weighted by Crippen LogP contribution is -2.25. The highest BCUT2D eigenvalue weighted by Crippen LogP contribution is 2.10. The van der Waals surface area contributed by atoms with Crippen molar-refractivity contribution in [3.05, 3.63) is 65.2 Å². The molecule has 134 valence electrons. The van der Waals surface area contributed by atoms with Crippen molar-refractivity contribution in [3.63, 3.8) is 0 Å². The molecule has 2 aromatic rings. The molecule has 5 nitrogen and oxygen atoms in total. The molecule has 0 atom stereocenters. The topological polar surface area (TPSA) is 89.3 Å². The van der Waals surface area contributed by atoms with Gasteiger partial charge in [-0.05, 0) is 49.4 Å². The van der Waals surface area contributed by atoms with Crippen LogP contribution in [-0.4, -0.2) is 20.9 Å². The van der Waals surface area contributed by atoms with Crippen LogP contribution in [0.3, 0.4) is 0 Å². The number of carbonyl (C=O) groups excluding carboxylic acids is 1. The highest BCUT2D eigenvalue weighted by atomic mass is 32.2. The molecule has 0 unspecified atom stereocenters. The third-order valence-electron chi connectivity index (χ3n) is 3.98. The van der Waals surface area contributed by atoms with Crippen LogP contribution in [0.5, 0.6) is 0 Å². The van der Waals surface area contributed by atoms with Crippen LogP contribution in [0.4, 0.5) is 0 Å². The maximum atomic E-state index is 11.9. The van der Waals surface area contributed by atoms with E-state index in [0.717, 1.165) is 30.4 Å². The van der Waals surface area contributed by atoms with Crippen molar-refractivity contribution >= 4 is 15.9 Å². The highest BCUT2D eigenvalue weighted by Gasteiger charge is 2.07. The Bertz CT molecular complexity index is 798. The van der Waals surface area contributed by atoms with Crippen molar-refractivity contribution in [2.24, 2.45) is 5.14 Å². The van der Waals surface area contributed by atoms with E-state index in [1.807, 2.05) is 19.1 Å². The summed E-state index contributed by atoms with van der Waals surface area (Å²) < 4.78 is 22.4. The molecule has 0 aromatic heterocycles. The summed E-state index contributed by atoms with van der Waals surface area (Å²) in [6.07, 6.45) is 2.78. The van der Waals surface area contributed by atoms with E-state index < -0.39 is 10.0 Å². The van der Waals surface area contributed by atoms with Crippen LogP contribution in [0.15, 0.2) is 53.4 Å². The summed E-state index contributed by atoms with van der Waals surface area (Å²) in [6, 6.07) is 14.7. The Kier molecular flexibility index (Phi) is 6.73. The zero-order chi connectivity index (χ0) is 18.3. The predicted molar refractivity (Wildman–Crippen MR) is 98.6 cm³/mol. The van der Waals surface area contributed by atoms with Crippen molar-refractivity contribution < 1.29 is 13.2 Å². The van der Waals surface area contributed by atoms with Crippen molar-refractivity contribution in [2.45, 2.75) is 37.5 Å². The number of hydrogen-bond donors (Lipinski definition) is 2. The molecule has 25 heavy (non-hydrogen) atoms. The first-order valence-electron chi connectivity index (χ1n) is 8.28. The Balaban J connectivity index is 1.66. The average molecular weight is 360 g/mol. The van der Waals surface area contributed by atoms with Gasteiger partial charge in [-0.1, -0.05) is 42.0 Å². The number of sulfonamides is 1. The SMILES string of the molecule is Cc1ccc(CCC(=O)NCCCc2ccc(S(N)(=O)=O)cc2)cc1. The Hall–Kier alpha value is -2.18. The minimum Gasteiger partial charge on any atom is -0.356 e. The fraction of sp³-hybridized carbons (Fsp3) is 0.316. The van der Waals surface area contributed by atoms with Gasteiger partial charge in [0.1, 0.15) is 0 Å². The number of nitrogens with one attached hydrogen (secondary N) is 1. The molecule has 0 heterocycles. The number of amides is 1. The van der Waals surface area contributed by atoms with Gasteiger partial charge in [0.15, 0.2) is 0 Å². The standard InChI is InChI=1S/C19H24N2O3S/c1-15-4-6-17(7-5-15)10-13-19(22)21-14-2-3-16-8-11-18(12-9-16)25(20,23)24/h4-9,11-12H,2-3,10,13-14H2,1H3,(H,21,22)(H2,20,23,24). The van der Waals surface area contributed by atoms with Crippen molar-refractivity contribution in [3.8, 4) is 0 Å². The van der Waals surface area contributed by atoms with Crippen molar-refractivity contribution in [2.75, 3.05) is 6.54 Å². The van der Waals surface area contributed by atoms with Crippen LogP contribution < -0.4 is 10.5 Å². The second kappa shape index (κ2) is 8.78. The minimum atomic E-state index is -3.64. The van der Waals surface area contributed by atoms with Gasteiger partial charge in [0.25, 0.3) is 0 Å². The summed E-state index contributed by atoms with van der Waals surface area (Å²) in [6.45, 7) is 2.64. The average Bonchev–Trinajstić information content (AvgIpc) is 2.58. The van der Waals surface area contributed by atoms with E-state index in [2.05, 4.69) is 17.4 Å². The third kappa shape index (κ3) is 6.68. The monoisotopic (exact) mass is 360 g/mol. The number of primary sulfonamides is 1. The van der Waals surface area contributed by atoms with Crippen molar-refractivity contribution in [1.29, 1.82) is 0 Å². The number of benzene rings is 2. The summed E-state index contributed by atoms with van der Waals surface area (Å²) in [5, 5.41) is 7.98. The van der Waals surface area contributed by atoms with Crippen LogP contribution in [-0.2, 0) is 27.7 Å². The molecule has 0 radical (unpaired) electrons. The van der Waals surface area contributed by atoms with Gasteiger partial charge in [0.2, 0.25) is 15.9 Å². The number of rotatable bonds is 8. The molecule has 0 saturated heterocycles. The molecule has 0 spiro atoms. The molecule has 0 aliphatic carbocycles. The van der Waals surface area contributed by atoms with E-state index >= 15 is 0 Å². The Morgan fingerprint density at radius 2 is 1.52 bits per heavy atom. The normalized spacial score (nSPS) is 11.3. The molecule has 0 bridgehead atoms. The lowest BCUT2D eigenvalue weighted by atomic mass is 10.1. The molecule has 2 rings (SSSR count). The van der Waals surface area contributed by atoms with E-state index in [-0.39, 0.29) is 10.8 Å². The third-order valence-corrected chi connectivity index (χ3v) is 4.91. The van der Waals surface area contributed by atoms with Crippen molar-refractivity contribution in [1.82, 2.24) is 5.32 Å². The number of aryl methyl sites for hydroxylation is 3. The zero-order valence-corrected chi connectivity index (χ0v) is 15.2. The molecule has 0 aliphatic heterocycles. The van der Waals surface area contributed by atoms with Gasteiger partial charge in [-0.25, -0.2) is 13.6 Å². The van der Waals surface area contributed by atoms with Crippen LogP contribution in [0.2, 0.25) is 0 Å². The van der Waals surface area contributed by atoms with Gasteiger partial charge in [0, 0.05) is 13.0 Å². The zero-order valence-electron chi connectivity index (χ0n) is 14.4. The molecule has 0 saturated carbocycles. The van der Waals surface area contributed by atoms with Crippen LogP contribution in [0, 0.1) is 6.92 Å². The number of hydrogen-bond acceptors (Lipinski definition) is 3. The molecule has 0 fully saturated rings. The highest BCUT2D eigenvalue weighted by molar-refractivity contribution is 7.89. The van der Waals surface area contributed by atoms with Gasteiger partial charge < -0.3 is 5.32 Å². The fourth-order valence-electron chi connectivity index (χ4n) is 2.47. The summed E-state index contributed by atoms with van der Waals surface area (Å²) in [5.74, 6) is 0.0464. The van der Waals surface area contributed by atoms with E-state index in [4.69, 9.17) is 5.14 Å². The van der Waals surface area contributed by atoms with E-state index in [1.54, 1.807) is 12.1 Å². The van der Waals surface area contributed by atoms with Gasteiger partial charge in [0.05, 0.1) is 4.90 Å². The fourth-order valence-corrected chi connectivity index (χ4v) is 2.98. The first kappa shape index (κ1) is 19.1. The summed E-state index contributed by atoms with van der Waals surface area (Å²) in [7, 11) is -3.64. The van der Waals surface area contributed by atoms with Crippen LogP contribution >= 0.6 is 0 Å². The largest absolute Gasteiger partial charge is 0.356 e. The smallest absolute Gasteiger partial charge is 0.238 e. The van der Waals surface area contributed by atoms with E-state index in [1.165, 1.54) is 17.7 Å². The van der Waals surface area contributed by atoms with Gasteiger partial charge >= 0.3 is 0 Å². The first-order chi connectivity index (χ1) is 11.8. The van der Waals surface area contributed by atoms with Gasteiger partial charge in [-0.15, -0.1) is 0 Å². The molecule has 1 amide bonds. The predicted octanol–water partition coefficient (Wildman–Crippen LogP) is 2.32. The summed E-state index contributed by atoms with van der Waals surface area (Å²) in [5.41, 5.74) is 3.39. The Labute approximate surface area is 149 Å². The Morgan fingerprint density at radius 3 is 2.12 bits per heavy atom.